The van der Waals surface area contributed by atoms with Crippen molar-refractivity contribution in [1.82, 2.24) is 4.90 Å². The fraction of sp³-hybridized carbons (Fsp3) is 0.360. The highest BCUT2D eigenvalue weighted by Crippen LogP contribution is 2.25. The molecule has 2 aromatic carbocycles. The third kappa shape index (κ3) is 4.94. The summed E-state index contributed by atoms with van der Waals surface area (Å²) in [5.74, 6) is -0.368. The predicted molar refractivity (Wildman–Crippen MR) is 125 cm³/mol. The number of rotatable bonds is 6. The lowest BCUT2D eigenvalue weighted by Crippen LogP contribution is -2.36. The zero-order valence-electron chi connectivity index (χ0n) is 18.8. The molecule has 1 N–H and O–H groups in total. The Bertz CT molecular complexity index is 1110. The van der Waals surface area contributed by atoms with Gasteiger partial charge in [-0.1, -0.05) is 0 Å². The average molecular weight is 436 g/mol. The SMILES string of the molecule is Cc1cc2occ(CC(=O)N(C)CC(=O)Nc3ccc(N4CCOCC4)cc3)c2cc1C. The molecule has 0 spiro atoms. The fourth-order valence-corrected chi connectivity index (χ4v) is 3.85. The molecule has 4 rings (SSSR count). The minimum atomic E-state index is -0.233. The van der Waals surface area contributed by atoms with Crippen LogP contribution in [-0.4, -0.2) is 56.6 Å². The van der Waals surface area contributed by atoms with Gasteiger partial charge < -0.3 is 24.3 Å². The molecule has 168 valence electrons. The van der Waals surface area contributed by atoms with Crippen molar-refractivity contribution in [2.75, 3.05) is 50.1 Å². The van der Waals surface area contributed by atoms with Gasteiger partial charge in [0.15, 0.2) is 0 Å². The molecule has 0 aliphatic carbocycles. The molecule has 1 saturated heterocycles. The molecule has 0 radical (unpaired) electrons. The van der Waals surface area contributed by atoms with Crippen molar-refractivity contribution in [3.8, 4) is 0 Å². The van der Waals surface area contributed by atoms with Gasteiger partial charge in [0.05, 0.1) is 32.4 Å². The van der Waals surface area contributed by atoms with Crippen LogP contribution < -0.4 is 10.2 Å². The molecule has 0 unspecified atom stereocenters. The van der Waals surface area contributed by atoms with Crippen molar-refractivity contribution in [2.45, 2.75) is 20.3 Å². The second kappa shape index (κ2) is 9.44. The molecule has 0 bridgehead atoms. The van der Waals surface area contributed by atoms with Crippen LogP contribution in [0, 0.1) is 13.8 Å². The first-order valence-corrected chi connectivity index (χ1v) is 10.8. The number of likely N-dealkylation sites (N-methyl/N-ethyl adjacent to an activating group) is 1. The number of ether oxygens (including phenoxy) is 1. The van der Waals surface area contributed by atoms with E-state index in [0.717, 1.165) is 59.7 Å². The van der Waals surface area contributed by atoms with E-state index >= 15 is 0 Å². The van der Waals surface area contributed by atoms with E-state index in [9.17, 15) is 9.59 Å². The van der Waals surface area contributed by atoms with Gasteiger partial charge in [-0.15, -0.1) is 0 Å². The van der Waals surface area contributed by atoms with E-state index in [2.05, 4.69) is 10.2 Å². The highest BCUT2D eigenvalue weighted by atomic mass is 16.5. The van der Waals surface area contributed by atoms with Crippen LogP contribution in [-0.2, 0) is 20.7 Å². The third-order valence-electron chi connectivity index (χ3n) is 5.95. The van der Waals surface area contributed by atoms with E-state index in [0.29, 0.717) is 5.69 Å². The summed E-state index contributed by atoms with van der Waals surface area (Å²) in [6, 6.07) is 11.8. The van der Waals surface area contributed by atoms with Gasteiger partial charge in [0, 0.05) is 42.5 Å². The Labute approximate surface area is 187 Å². The van der Waals surface area contributed by atoms with Crippen molar-refractivity contribution in [3.63, 3.8) is 0 Å². The molecule has 7 heteroatoms. The zero-order chi connectivity index (χ0) is 22.7. The van der Waals surface area contributed by atoms with Crippen molar-refractivity contribution in [2.24, 2.45) is 0 Å². The number of carbonyl (C=O) groups excluding carboxylic acids is 2. The number of fused-ring (bicyclic) bond motifs is 1. The number of hydrogen-bond acceptors (Lipinski definition) is 5. The lowest BCUT2D eigenvalue weighted by Gasteiger charge is -2.28. The average Bonchev–Trinajstić information content (AvgIpc) is 3.16. The lowest BCUT2D eigenvalue weighted by atomic mass is 10.0. The topological polar surface area (TPSA) is 75.0 Å². The maximum Gasteiger partial charge on any atom is 0.243 e. The fourth-order valence-electron chi connectivity index (χ4n) is 3.85. The number of furan rings is 1. The second-order valence-electron chi connectivity index (χ2n) is 8.31. The summed E-state index contributed by atoms with van der Waals surface area (Å²) in [5.41, 5.74) is 5.73. The summed E-state index contributed by atoms with van der Waals surface area (Å²) in [7, 11) is 1.64. The van der Waals surface area contributed by atoms with E-state index in [1.54, 1.807) is 13.3 Å². The van der Waals surface area contributed by atoms with E-state index in [1.807, 2.05) is 50.2 Å². The monoisotopic (exact) mass is 435 g/mol. The Morgan fingerprint density at radius 1 is 1.06 bits per heavy atom. The van der Waals surface area contributed by atoms with Gasteiger partial charge in [-0.05, 0) is 61.4 Å². The first-order chi connectivity index (χ1) is 15.4. The number of morpholine rings is 1. The molecule has 2 heterocycles. The molecule has 1 fully saturated rings. The first kappa shape index (κ1) is 21.9. The van der Waals surface area contributed by atoms with Crippen molar-refractivity contribution < 1.29 is 18.7 Å². The molecule has 1 aliphatic heterocycles. The highest BCUT2D eigenvalue weighted by Gasteiger charge is 2.17. The normalized spacial score (nSPS) is 13.9. The largest absolute Gasteiger partial charge is 0.464 e. The van der Waals surface area contributed by atoms with Gasteiger partial charge in [0.25, 0.3) is 0 Å². The summed E-state index contributed by atoms with van der Waals surface area (Å²) in [6.45, 7) is 7.24. The van der Waals surface area contributed by atoms with E-state index in [1.165, 1.54) is 4.90 Å². The van der Waals surface area contributed by atoms with Gasteiger partial charge in [0.2, 0.25) is 11.8 Å². The second-order valence-corrected chi connectivity index (χ2v) is 8.31. The molecule has 0 saturated carbocycles. The maximum absolute atomic E-state index is 12.7. The first-order valence-electron chi connectivity index (χ1n) is 10.8. The van der Waals surface area contributed by atoms with Gasteiger partial charge in [0.1, 0.15) is 5.58 Å². The van der Waals surface area contributed by atoms with Crippen LogP contribution in [0.3, 0.4) is 0 Å². The van der Waals surface area contributed by atoms with E-state index in [-0.39, 0.29) is 24.8 Å². The predicted octanol–water partition coefficient (Wildman–Crippen LogP) is 3.53. The molecule has 3 aromatic rings. The standard InChI is InChI=1S/C25H29N3O4/c1-17-12-22-19(16-32-23(22)13-18(17)2)14-25(30)27(3)15-24(29)26-20-4-6-21(7-5-20)28-8-10-31-11-9-28/h4-7,12-13,16H,8-11,14-15H2,1-3H3,(H,26,29). The van der Waals surface area contributed by atoms with Crippen molar-refractivity contribution >= 4 is 34.2 Å². The zero-order valence-corrected chi connectivity index (χ0v) is 18.8. The minimum Gasteiger partial charge on any atom is -0.464 e. The molecule has 0 atom stereocenters. The summed E-state index contributed by atoms with van der Waals surface area (Å²) < 4.78 is 11.0. The third-order valence-corrected chi connectivity index (χ3v) is 5.95. The van der Waals surface area contributed by atoms with Crippen LogP contribution >= 0.6 is 0 Å². The molecular weight excluding hydrogens is 406 g/mol. The molecular formula is C25H29N3O4. The molecule has 7 nitrogen and oxygen atoms in total. The number of nitrogens with zero attached hydrogens (tertiary/aromatic N) is 2. The van der Waals surface area contributed by atoms with Crippen LogP contribution in [0.4, 0.5) is 11.4 Å². The Morgan fingerprint density at radius 2 is 1.75 bits per heavy atom. The highest BCUT2D eigenvalue weighted by molar-refractivity contribution is 5.95. The quantitative estimate of drug-likeness (QED) is 0.641. The number of hydrogen-bond donors (Lipinski definition) is 1. The molecule has 32 heavy (non-hydrogen) atoms. The van der Waals surface area contributed by atoms with E-state index in [4.69, 9.17) is 9.15 Å². The maximum atomic E-state index is 12.7. The number of aryl methyl sites for hydroxylation is 2. The summed E-state index contributed by atoms with van der Waals surface area (Å²) in [5, 5.41) is 3.81. The molecule has 2 amide bonds. The van der Waals surface area contributed by atoms with Crippen LogP contribution in [0.2, 0.25) is 0 Å². The van der Waals surface area contributed by atoms with Crippen LogP contribution in [0.1, 0.15) is 16.7 Å². The number of nitrogens with one attached hydrogen (secondary N) is 1. The summed E-state index contributed by atoms with van der Waals surface area (Å²) >= 11 is 0. The number of carbonyl (C=O) groups is 2. The molecule has 1 aliphatic rings. The smallest absolute Gasteiger partial charge is 0.243 e. The number of amides is 2. The van der Waals surface area contributed by atoms with Crippen molar-refractivity contribution in [3.05, 3.63) is 59.4 Å². The Kier molecular flexibility index (Phi) is 6.46. The van der Waals surface area contributed by atoms with Gasteiger partial charge in [-0.3, -0.25) is 9.59 Å². The molecule has 1 aromatic heterocycles. The number of benzene rings is 2. The number of anilines is 2. The van der Waals surface area contributed by atoms with Crippen LogP contribution in [0.5, 0.6) is 0 Å². The lowest BCUT2D eigenvalue weighted by molar-refractivity contribution is -0.132. The Morgan fingerprint density at radius 3 is 2.47 bits per heavy atom. The summed E-state index contributed by atoms with van der Waals surface area (Å²) in [6.07, 6.45) is 1.82. The van der Waals surface area contributed by atoms with Gasteiger partial charge >= 0.3 is 0 Å². The minimum absolute atomic E-state index is 0.0159. The van der Waals surface area contributed by atoms with Gasteiger partial charge in [-0.25, -0.2) is 0 Å². The van der Waals surface area contributed by atoms with Crippen LogP contribution in [0.15, 0.2) is 47.1 Å². The van der Waals surface area contributed by atoms with Gasteiger partial charge in [-0.2, -0.15) is 0 Å². The van der Waals surface area contributed by atoms with E-state index < -0.39 is 0 Å². The van der Waals surface area contributed by atoms with Crippen molar-refractivity contribution in [1.29, 1.82) is 0 Å². The summed E-state index contributed by atoms with van der Waals surface area (Å²) in [4.78, 5) is 28.9. The Hall–Kier alpha value is -3.32. The Balaban J connectivity index is 1.32. The van der Waals surface area contributed by atoms with Crippen LogP contribution in [0.25, 0.3) is 11.0 Å².